The Morgan fingerprint density at radius 3 is 0.803 bits per heavy atom. The summed E-state index contributed by atoms with van der Waals surface area (Å²) in [7, 11) is 0. The van der Waals surface area contributed by atoms with Crippen molar-refractivity contribution in [1.82, 2.24) is 0 Å². The van der Waals surface area contributed by atoms with E-state index in [0.29, 0.717) is 19.3 Å². The number of carbonyl (C=O) groups excluding carboxylic acids is 3. The smallest absolute Gasteiger partial charge is 0.306 e. The number of hydrogen-bond acceptors (Lipinski definition) is 6. The lowest BCUT2D eigenvalue weighted by atomic mass is 10.0. The highest BCUT2D eigenvalue weighted by atomic mass is 16.6. The zero-order valence-electron chi connectivity index (χ0n) is 47.8. The number of allylic oxidation sites excluding steroid dienone is 6. The molecular weight excluding hydrogens is 877 g/mol. The van der Waals surface area contributed by atoms with Gasteiger partial charge in [0.15, 0.2) is 6.10 Å². The average molecular weight is 998 g/mol. The first-order chi connectivity index (χ1) is 35.0. The van der Waals surface area contributed by atoms with Crippen molar-refractivity contribution in [1.29, 1.82) is 0 Å². The van der Waals surface area contributed by atoms with Gasteiger partial charge in [-0.1, -0.05) is 282 Å². The highest BCUT2D eigenvalue weighted by Crippen LogP contribution is 2.17. The van der Waals surface area contributed by atoms with Crippen LogP contribution in [0.1, 0.15) is 342 Å². The normalized spacial score (nSPS) is 12.2. The maximum absolute atomic E-state index is 12.9. The van der Waals surface area contributed by atoms with Gasteiger partial charge in [-0.2, -0.15) is 0 Å². The summed E-state index contributed by atoms with van der Waals surface area (Å²) in [6, 6.07) is 0. The van der Waals surface area contributed by atoms with Crippen LogP contribution in [0.5, 0.6) is 0 Å². The van der Waals surface area contributed by atoms with E-state index in [-0.39, 0.29) is 31.1 Å². The van der Waals surface area contributed by atoms with Crippen molar-refractivity contribution in [2.45, 2.75) is 348 Å². The van der Waals surface area contributed by atoms with E-state index < -0.39 is 6.10 Å². The van der Waals surface area contributed by atoms with Gasteiger partial charge in [-0.05, 0) is 77.0 Å². The minimum atomic E-state index is -0.778. The zero-order chi connectivity index (χ0) is 51.4. The minimum absolute atomic E-state index is 0.0739. The van der Waals surface area contributed by atoms with Crippen LogP contribution < -0.4 is 0 Å². The molecule has 0 bridgehead atoms. The standard InChI is InChI=1S/C65H120O6/c1-4-7-10-13-16-19-22-25-28-31-33-35-37-40-43-46-49-52-55-58-64(67)70-61-62(60-69-63(66)57-54-51-48-45-42-39-36-30-27-24-21-18-15-12-9-6-3)71-65(68)59-56-53-50-47-44-41-38-34-32-29-26-23-20-17-14-11-8-5-2/h20,23,29-30,32,36,62H,4-19,21-22,24-28,31,33-35,37-61H2,1-3H3/b23-20-,32-29-,36-30-. The number of carbonyl (C=O) groups is 3. The number of unbranched alkanes of at least 4 members (excludes halogenated alkanes) is 41. The number of rotatable bonds is 58. The zero-order valence-corrected chi connectivity index (χ0v) is 47.8. The Hall–Kier alpha value is -2.37. The minimum Gasteiger partial charge on any atom is -0.462 e. The molecule has 0 aromatic rings. The monoisotopic (exact) mass is 997 g/mol. The summed E-state index contributed by atoms with van der Waals surface area (Å²) in [5, 5.41) is 0. The first kappa shape index (κ1) is 68.6. The van der Waals surface area contributed by atoms with Gasteiger partial charge in [0.1, 0.15) is 13.2 Å². The third kappa shape index (κ3) is 58.4. The average Bonchev–Trinajstić information content (AvgIpc) is 3.37. The molecule has 0 aliphatic heterocycles. The van der Waals surface area contributed by atoms with Crippen molar-refractivity contribution in [2.24, 2.45) is 0 Å². The molecule has 0 aliphatic rings. The maximum atomic E-state index is 12.9. The lowest BCUT2D eigenvalue weighted by Crippen LogP contribution is -2.30. The van der Waals surface area contributed by atoms with Crippen molar-refractivity contribution in [2.75, 3.05) is 13.2 Å². The molecule has 416 valence electrons. The molecule has 0 heterocycles. The molecule has 0 rings (SSSR count). The van der Waals surface area contributed by atoms with Gasteiger partial charge in [0, 0.05) is 19.3 Å². The molecule has 71 heavy (non-hydrogen) atoms. The van der Waals surface area contributed by atoms with E-state index >= 15 is 0 Å². The van der Waals surface area contributed by atoms with E-state index in [9.17, 15) is 14.4 Å². The number of hydrogen-bond donors (Lipinski definition) is 0. The topological polar surface area (TPSA) is 78.9 Å². The molecule has 1 atom stereocenters. The summed E-state index contributed by atoms with van der Waals surface area (Å²) in [5.74, 6) is -0.868. The van der Waals surface area contributed by atoms with Crippen molar-refractivity contribution < 1.29 is 28.6 Å². The summed E-state index contributed by atoms with van der Waals surface area (Å²) in [6.07, 6.45) is 72.8. The van der Waals surface area contributed by atoms with Gasteiger partial charge in [0.05, 0.1) is 0 Å². The highest BCUT2D eigenvalue weighted by molar-refractivity contribution is 5.71. The van der Waals surface area contributed by atoms with E-state index in [2.05, 4.69) is 57.2 Å². The predicted octanol–water partition coefficient (Wildman–Crippen LogP) is 21.2. The summed E-state index contributed by atoms with van der Waals surface area (Å²) < 4.78 is 16.9. The molecule has 0 aliphatic carbocycles. The fourth-order valence-electron chi connectivity index (χ4n) is 9.35. The summed E-state index contributed by atoms with van der Waals surface area (Å²) >= 11 is 0. The Morgan fingerprint density at radius 2 is 0.507 bits per heavy atom. The van der Waals surface area contributed by atoms with Gasteiger partial charge in [-0.15, -0.1) is 0 Å². The molecule has 0 aromatic heterocycles. The van der Waals surface area contributed by atoms with Crippen LogP contribution in [0.15, 0.2) is 36.5 Å². The molecular formula is C65H120O6. The fourth-order valence-corrected chi connectivity index (χ4v) is 9.35. The van der Waals surface area contributed by atoms with Crippen molar-refractivity contribution in [3.05, 3.63) is 36.5 Å². The molecule has 0 spiro atoms. The summed E-state index contributed by atoms with van der Waals surface area (Å²) in [5.41, 5.74) is 0. The van der Waals surface area contributed by atoms with Crippen LogP contribution in [0.3, 0.4) is 0 Å². The van der Waals surface area contributed by atoms with Crippen molar-refractivity contribution in [3.63, 3.8) is 0 Å². The van der Waals surface area contributed by atoms with Gasteiger partial charge in [0.2, 0.25) is 0 Å². The van der Waals surface area contributed by atoms with Crippen LogP contribution in [0, 0.1) is 0 Å². The van der Waals surface area contributed by atoms with Crippen molar-refractivity contribution in [3.8, 4) is 0 Å². The first-order valence-corrected chi connectivity index (χ1v) is 31.5. The Bertz CT molecular complexity index is 1190. The third-order valence-electron chi connectivity index (χ3n) is 14.1. The summed E-state index contributed by atoms with van der Waals surface area (Å²) in [4.78, 5) is 38.3. The Balaban J connectivity index is 4.35. The van der Waals surface area contributed by atoms with Crippen LogP contribution in [0.4, 0.5) is 0 Å². The maximum Gasteiger partial charge on any atom is 0.306 e. The molecule has 0 aromatic carbocycles. The second-order valence-corrected chi connectivity index (χ2v) is 21.3. The largest absolute Gasteiger partial charge is 0.462 e. The Morgan fingerprint density at radius 1 is 0.282 bits per heavy atom. The second kappa shape index (κ2) is 60.2. The molecule has 6 nitrogen and oxygen atoms in total. The fraction of sp³-hybridized carbons (Fsp3) is 0.862. The Kier molecular flexibility index (Phi) is 58.2. The van der Waals surface area contributed by atoms with Crippen molar-refractivity contribution >= 4 is 17.9 Å². The number of esters is 3. The van der Waals surface area contributed by atoms with Gasteiger partial charge in [-0.3, -0.25) is 14.4 Å². The van der Waals surface area contributed by atoms with Gasteiger partial charge in [0.25, 0.3) is 0 Å². The second-order valence-electron chi connectivity index (χ2n) is 21.3. The molecule has 0 saturated carbocycles. The summed E-state index contributed by atoms with van der Waals surface area (Å²) in [6.45, 7) is 6.67. The molecule has 0 N–H and O–H groups in total. The Labute approximate surface area is 442 Å². The third-order valence-corrected chi connectivity index (χ3v) is 14.1. The van der Waals surface area contributed by atoms with E-state index in [1.54, 1.807) is 0 Å². The van der Waals surface area contributed by atoms with E-state index in [1.165, 1.54) is 225 Å². The molecule has 1 unspecified atom stereocenters. The van der Waals surface area contributed by atoms with Crippen LogP contribution in [0.2, 0.25) is 0 Å². The highest BCUT2D eigenvalue weighted by Gasteiger charge is 2.19. The van der Waals surface area contributed by atoms with Gasteiger partial charge >= 0.3 is 17.9 Å². The number of ether oxygens (including phenoxy) is 3. The molecule has 0 amide bonds. The van der Waals surface area contributed by atoms with E-state index in [4.69, 9.17) is 14.2 Å². The quantitative estimate of drug-likeness (QED) is 0.0261. The van der Waals surface area contributed by atoms with E-state index in [0.717, 1.165) is 77.0 Å². The molecule has 0 fully saturated rings. The lowest BCUT2D eigenvalue weighted by Gasteiger charge is -2.18. The van der Waals surface area contributed by atoms with Gasteiger partial charge in [-0.25, -0.2) is 0 Å². The molecule has 0 radical (unpaired) electrons. The predicted molar refractivity (Wildman–Crippen MR) is 307 cm³/mol. The molecule has 6 heteroatoms. The first-order valence-electron chi connectivity index (χ1n) is 31.5. The SMILES string of the molecule is CCCCCC/C=C\C/C=C\CCCCCCCCCC(=O)OC(COC(=O)CCCCCCC/C=C\CCCCCCCCC)COC(=O)CCCCCCCCCCCCCCCCCCCCC. The van der Waals surface area contributed by atoms with Crippen LogP contribution in [-0.2, 0) is 28.6 Å². The van der Waals surface area contributed by atoms with Crippen LogP contribution in [-0.4, -0.2) is 37.2 Å². The molecule has 0 saturated heterocycles. The van der Waals surface area contributed by atoms with Gasteiger partial charge < -0.3 is 14.2 Å². The lowest BCUT2D eigenvalue weighted by molar-refractivity contribution is -0.167. The van der Waals surface area contributed by atoms with Crippen LogP contribution in [0.25, 0.3) is 0 Å². The van der Waals surface area contributed by atoms with E-state index in [1.807, 2.05) is 0 Å². The van der Waals surface area contributed by atoms with Crippen LogP contribution >= 0.6 is 0 Å².